The predicted octanol–water partition coefficient (Wildman–Crippen LogP) is 5.63. The van der Waals surface area contributed by atoms with Crippen LogP contribution in [0.1, 0.15) is 34.2 Å². The third-order valence-electron chi connectivity index (χ3n) is 6.46. The third-order valence-corrected chi connectivity index (χ3v) is 6.46. The normalized spacial score (nSPS) is 13.7. The second kappa shape index (κ2) is 10.6. The summed E-state index contributed by atoms with van der Waals surface area (Å²) in [6.45, 7) is 8.38. The highest BCUT2D eigenvalue weighted by Crippen LogP contribution is 2.25. The van der Waals surface area contributed by atoms with E-state index in [1.165, 1.54) is 22.3 Å². The van der Waals surface area contributed by atoms with Crippen LogP contribution in [0, 0.1) is 20.8 Å². The van der Waals surface area contributed by atoms with Crippen LogP contribution in [0.3, 0.4) is 0 Å². The van der Waals surface area contributed by atoms with Gasteiger partial charge in [-0.3, -0.25) is 9.69 Å². The van der Waals surface area contributed by atoms with E-state index in [1.54, 1.807) is 7.11 Å². The summed E-state index contributed by atoms with van der Waals surface area (Å²) < 4.78 is 5.22. The molecule has 35 heavy (non-hydrogen) atoms. The van der Waals surface area contributed by atoms with E-state index >= 15 is 0 Å². The topological polar surface area (TPSA) is 61.9 Å². The molecule has 1 aliphatic rings. The highest BCUT2D eigenvalue weighted by molar-refractivity contribution is 5.94. The first-order valence-corrected chi connectivity index (χ1v) is 12.0. The first-order valence-electron chi connectivity index (χ1n) is 12.0. The molecule has 0 aromatic heterocycles. The molecule has 0 atom stereocenters. The number of methoxy groups -OCH3 is 1. The summed E-state index contributed by atoms with van der Waals surface area (Å²) >= 11 is 0. The van der Waals surface area contributed by atoms with Crippen LogP contribution in [-0.4, -0.2) is 37.0 Å². The molecule has 182 valence electrons. The SMILES string of the molecule is COc1cccc(CC(=O)Nc2ccc(N3CCCN(Cc4c(C)cc(C)cc4C)C3=O)cc2)c1. The minimum absolute atomic E-state index is 0.0189. The lowest BCUT2D eigenvalue weighted by Gasteiger charge is -2.36. The third kappa shape index (κ3) is 5.83. The van der Waals surface area contributed by atoms with Gasteiger partial charge in [-0.1, -0.05) is 29.8 Å². The Hall–Kier alpha value is -3.80. The summed E-state index contributed by atoms with van der Waals surface area (Å²) in [5.41, 5.74) is 7.34. The van der Waals surface area contributed by atoms with Gasteiger partial charge in [0.1, 0.15) is 5.75 Å². The van der Waals surface area contributed by atoms with Crippen LogP contribution in [0.4, 0.5) is 16.2 Å². The van der Waals surface area contributed by atoms with Gasteiger partial charge in [0.05, 0.1) is 13.5 Å². The number of aryl methyl sites for hydroxylation is 3. The van der Waals surface area contributed by atoms with E-state index in [9.17, 15) is 9.59 Å². The number of nitrogens with zero attached hydrogens (tertiary/aromatic N) is 2. The van der Waals surface area contributed by atoms with E-state index in [-0.39, 0.29) is 18.4 Å². The molecule has 0 spiro atoms. The lowest BCUT2D eigenvalue weighted by molar-refractivity contribution is -0.115. The van der Waals surface area contributed by atoms with Crippen molar-refractivity contribution in [1.82, 2.24) is 4.90 Å². The first-order chi connectivity index (χ1) is 16.8. The minimum atomic E-state index is -0.102. The van der Waals surface area contributed by atoms with E-state index in [0.717, 1.165) is 30.0 Å². The van der Waals surface area contributed by atoms with Crippen LogP contribution in [0.15, 0.2) is 60.7 Å². The molecule has 1 N–H and O–H groups in total. The second-order valence-electron chi connectivity index (χ2n) is 9.21. The molecule has 0 saturated carbocycles. The molecule has 0 radical (unpaired) electrons. The van der Waals surface area contributed by atoms with Crippen molar-refractivity contribution in [2.24, 2.45) is 0 Å². The minimum Gasteiger partial charge on any atom is -0.497 e. The molecule has 0 bridgehead atoms. The molecule has 4 rings (SSSR count). The second-order valence-corrected chi connectivity index (χ2v) is 9.21. The number of ether oxygens (including phenoxy) is 1. The van der Waals surface area contributed by atoms with E-state index in [4.69, 9.17) is 4.74 Å². The first kappa shape index (κ1) is 24.3. The standard InChI is InChI=1S/C29H33N3O3/c1-20-15-21(2)27(22(3)16-20)19-31-13-6-14-32(29(31)34)25-11-9-24(10-12-25)30-28(33)18-23-7-5-8-26(17-23)35-4/h5,7-12,15-17H,6,13-14,18-19H2,1-4H3,(H,30,33). The van der Waals surface area contributed by atoms with Crippen molar-refractivity contribution in [3.05, 3.63) is 88.5 Å². The maximum Gasteiger partial charge on any atom is 0.324 e. The number of carbonyl (C=O) groups excluding carboxylic acids is 2. The Morgan fingerprint density at radius 2 is 1.69 bits per heavy atom. The molecule has 1 heterocycles. The molecular formula is C29H33N3O3. The quantitative estimate of drug-likeness (QED) is 0.486. The van der Waals surface area contributed by atoms with Gasteiger partial charge in [-0.05, 0) is 85.8 Å². The number of rotatable bonds is 7. The van der Waals surface area contributed by atoms with Gasteiger partial charge in [0.25, 0.3) is 0 Å². The number of hydrogen-bond donors (Lipinski definition) is 1. The van der Waals surface area contributed by atoms with Crippen molar-refractivity contribution >= 4 is 23.3 Å². The smallest absolute Gasteiger partial charge is 0.324 e. The van der Waals surface area contributed by atoms with Gasteiger partial charge in [-0.25, -0.2) is 4.79 Å². The number of amides is 3. The number of nitrogens with one attached hydrogen (secondary N) is 1. The molecule has 1 fully saturated rings. The van der Waals surface area contributed by atoms with E-state index in [1.807, 2.05) is 58.3 Å². The number of urea groups is 1. The molecule has 1 aliphatic heterocycles. The Morgan fingerprint density at radius 1 is 0.971 bits per heavy atom. The van der Waals surface area contributed by atoms with Crippen molar-refractivity contribution < 1.29 is 14.3 Å². The lowest BCUT2D eigenvalue weighted by Crippen LogP contribution is -2.49. The van der Waals surface area contributed by atoms with Crippen LogP contribution < -0.4 is 15.0 Å². The van der Waals surface area contributed by atoms with Gasteiger partial charge in [0.2, 0.25) is 5.91 Å². The van der Waals surface area contributed by atoms with E-state index < -0.39 is 0 Å². The van der Waals surface area contributed by atoms with Gasteiger partial charge < -0.3 is 15.0 Å². The zero-order chi connectivity index (χ0) is 24.9. The highest BCUT2D eigenvalue weighted by Gasteiger charge is 2.27. The Bertz CT molecular complexity index is 1200. The highest BCUT2D eigenvalue weighted by atomic mass is 16.5. The maximum absolute atomic E-state index is 13.3. The van der Waals surface area contributed by atoms with Crippen LogP contribution in [0.2, 0.25) is 0 Å². The molecule has 0 aliphatic carbocycles. The summed E-state index contributed by atoms with van der Waals surface area (Å²) in [5, 5.41) is 2.93. The van der Waals surface area contributed by atoms with Crippen molar-refractivity contribution in [2.45, 2.75) is 40.2 Å². The van der Waals surface area contributed by atoms with E-state index in [0.29, 0.717) is 18.8 Å². The fourth-order valence-electron chi connectivity index (χ4n) is 4.72. The number of anilines is 2. The zero-order valence-electron chi connectivity index (χ0n) is 20.9. The predicted molar refractivity (Wildman–Crippen MR) is 140 cm³/mol. The molecular weight excluding hydrogens is 438 g/mol. The van der Waals surface area contributed by atoms with Crippen LogP contribution in [-0.2, 0) is 17.8 Å². The summed E-state index contributed by atoms with van der Waals surface area (Å²) in [6, 6.07) is 19.3. The van der Waals surface area contributed by atoms with Crippen molar-refractivity contribution in [3.8, 4) is 5.75 Å². The number of carbonyl (C=O) groups is 2. The molecule has 1 saturated heterocycles. The van der Waals surface area contributed by atoms with Crippen molar-refractivity contribution in [3.63, 3.8) is 0 Å². The molecule has 3 aromatic rings. The Labute approximate surface area is 207 Å². The Balaban J connectivity index is 1.40. The van der Waals surface area contributed by atoms with Gasteiger partial charge in [-0.15, -0.1) is 0 Å². The zero-order valence-corrected chi connectivity index (χ0v) is 20.9. The fraction of sp³-hybridized carbons (Fsp3) is 0.310. The molecule has 3 amide bonds. The van der Waals surface area contributed by atoms with Gasteiger partial charge >= 0.3 is 6.03 Å². The molecule has 6 heteroatoms. The van der Waals surface area contributed by atoms with Gasteiger partial charge in [-0.2, -0.15) is 0 Å². The monoisotopic (exact) mass is 471 g/mol. The lowest BCUT2D eigenvalue weighted by atomic mass is 9.99. The van der Waals surface area contributed by atoms with E-state index in [2.05, 4.69) is 38.2 Å². The maximum atomic E-state index is 13.3. The molecule has 3 aromatic carbocycles. The average Bonchev–Trinajstić information content (AvgIpc) is 2.83. The summed E-state index contributed by atoms with van der Waals surface area (Å²) in [5.74, 6) is 0.627. The Morgan fingerprint density at radius 3 is 2.37 bits per heavy atom. The fourth-order valence-corrected chi connectivity index (χ4v) is 4.72. The van der Waals surface area contributed by atoms with Gasteiger partial charge in [0.15, 0.2) is 0 Å². The molecule has 6 nitrogen and oxygen atoms in total. The van der Waals surface area contributed by atoms with Gasteiger partial charge in [0, 0.05) is 31.0 Å². The number of hydrogen-bond acceptors (Lipinski definition) is 3. The van der Waals surface area contributed by atoms with Crippen LogP contribution in [0.5, 0.6) is 5.75 Å². The van der Waals surface area contributed by atoms with Crippen LogP contribution in [0.25, 0.3) is 0 Å². The average molecular weight is 472 g/mol. The summed E-state index contributed by atoms with van der Waals surface area (Å²) in [7, 11) is 1.61. The summed E-state index contributed by atoms with van der Waals surface area (Å²) in [4.78, 5) is 29.6. The largest absolute Gasteiger partial charge is 0.497 e. The molecule has 0 unspecified atom stereocenters. The van der Waals surface area contributed by atoms with Crippen molar-refractivity contribution in [1.29, 1.82) is 0 Å². The van der Waals surface area contributed by atoms with Crippen molar-refractivity contribution in [2.75, 3.05) is 30.4 Å². The summed E-state index contributed by atoms with van der Waals surface area (Å²) in [6.07, 6.45) is 1.17. The number of benzene rings is 3. The Kier molecular flexibility index (Phi) is 7.39. The van der Waals surface area contributed by atoms with Crippen LogP contribution >= 0.6 is 0 Å².